The smallest absolute Gasteiger partial charge is 0.188 e. The maximum Gasteiger partial charge on any atom is 0.188 e. The summed E-state index contributed by atoms with van der Waals surface area (Å²) >= 11 is 3.41. The Balaban J connectivity index is 1.50. The fourth-order valence-electron chi connectivity index (χ4n) is 2.84. The average Bonchev–Trinajstić information content (AvgIpc) is 2.63. The third kappa shape index (κ3) is 5.00. The van der Waals surface area contributed by atoms with Crippen molar-refractivity contribution in [2.45, 2.75) is 6.54 Å². The Morgan fingerprint density at radius 3 is 2.40 bits per heavy atom. The summed E-state index contributed by atoms with van der Waals surface area (Å²) in [7, 11) is 0. The molecule has 1 aliphatic heterocycles. The van der Waals surface area contributed by atoms with Gasteiger partial charge in [0.1, 0.15) is 5.82 Å². The fraction of sp³-hybridized carbons (Fsp3) is 0.250. The molecule has 0 radical (unpaired) electrons. The van der Waals surface area contributed by atoms with Crippen LogP contribution in [0.5, 0.6) is 0 Å². The van der Waals surface area contributed by atoms with E-state index >= 15 is 0 Å². The number of benzene rings is 2. The number of ketones is 1. The lowest BCUT2D eigenvalue weighted by Crippen LogP contribution is -2.43. The Morgan fingerprint density at radius 1 is 1.04 bits per heavy atom. The minimum atomic E-state index is -0.201. The molecule has 1 aliphatic rings. The lowest BCUT2D eigenvalue weighted by molar-refractivity contribution is 0.104. The number of piperazine rings is 1. The molecule has 0 atom stereocenters. The van der Waals surface area contributed by atoms with Gasteiger partial charge in [-0.15, -0.1) is 0 Å². The Labute approximate surface area is 155 Å². The summed E-state index contributed by atoms with van der Waals surface area (Å²) in [4.78, 5) is 16.8. The van der Waals surface area contributed by atoms with Gasteiger partial charge in [0.25, 0.3) is 0 Å². The molecule has 1 saturated heterocycles. The molecule has 0 amide bonds. The number of carbonyl (C=O) groups is 1. The molecule has 2 aromatic rings. The van der Waals surface area contributed by atoms with Crippen molar-refractivity contribution in [1.82, 2.24) is 9.80 Å². The normalized spacial score (nSPS) is 15.7. The van der Waals surface area contributed by atoms with Crippen molar-refractivity contribution < 1.29 is 9.18 Å². The second-order valence-corrected chi connectivity index (χ2v) is 6.95. The molecular weight excluding hydrogens is 383 g/mol. The van der Waals surface area contributed by atoms with Gasteiger partial charge in [0.15, 0.2) is 5.78 Å². The minimum absolute atomic E-state index is 0.00113. The highest BCUT2D eigenvalue weighted by molar-refractivity contribution is 9.10. The lowest BCUT2D eigenvalue weighted by Gasteiger charge is -2.34. The molecule has 0 aliphatic carbocycles. The zero-order valence-electron chi connectivity index (χ0n) is 13.9. The zero-order chi connectivity index (χ0) is 17.6. The van der Waals surface area contributed by atoms with Gasteiger partial charge in [0.2, 0.25) is 0 Å². The van der Waals surface area contributed by atoms with E-state index in [0.717, 1.165) is 42.8 Å². The van der Waals surface area contributed by atoms with E-state index in [9.17, 15) is 9.18 Å². The quantitative estimate of drug-likeness (QED) is 0.555. The number of hydrogen-bond donors (Lipinski definition) is 0. The first-order chi connectivity index (χ1) is 12.1. The largest absolute Gasteiger partial charge is 0.375 e. The van der Waals surface area contributed by atoms with Crippen molar-refractivity contribution in [2.75, 3.05) is 26.2 Å². The van der Waals surface area contributed by atoms with E-state index in [4.69, 9.17) is 0 Å². The number of allylic oxidation sites excluding steroid dienone is 1. The Morgan fingerprint density at radius 2 is 1.72 bits per heavy atom. The molecule has 25 heavy (non-hydrogen) atoms. The molecule has 2 aromatic carbocycles. The summed E-state index contributed by atoms with van der Waals surface area (Å²) in [5, 5.41) is 0. The van der Waals surface area contributed by atoms with E-state index in [1.54, 1.807) is 6.08 Å². The predicted molar refractivity (Wildman–Crippen MR) is 101 cm³/mol. The van der Waals surface area contributed by atoms with Crippen LogP contribution in [0.15, 0.2) is 65.3 Å². The van der Waals surface area contributed by atoms with Gasteiger partial charge in [-0.1, -0.05) is 40.2 Å². The van der Waals surface area contributed by atoms with Crippen molar-refractivity contribution in [3.63, 3.8) is 0 Å². The van der Waals surface area contributed by atoms with Crippen LogP contribution in [0.25, 0.3) is 0 Å². The first-order valence-corrected chi connectivity index (χ1v) is 9.09. The van der Waals surface area contributed by atoms with Crippen LogP contribution in [0.2, 0.25) is 0 Å². The molecule has 0 saturated carbocycles. The number of carbonyl (C=O) groups excluding carboxylic acids is 1. The van der Waals surface area contributed by atoms with E-state index in [1.165, 1.54) is 12.1 Å². The molecule has 0 N–H and O–H groups in total. The summed E-state index contributed by atoms with van der Waals surface area (Å²) in [5.74, 6) is -0.199. The highest BCUT2D eigenvalue weighted by atomic mass is 79.9. The number of rotatable bonds is 5. The minimum Gasteiger partial charge on any atom is -0.375 e. The third-order valence-electron chi connectivity index (χ3n) is 4.30. The molecule has 130 valence electrons. The third-order valence-corrected chi connectivity index (χ3v) is 4.99. The molecule has 0 aromatic heterocycles. The number of nitrogens with zero attached hydrogens (tertiary/aromatic N) is 2. The molecule has 5 heteroatoms. The van der Waals surface area contributed by atoms with E-state index in [-0.39, 0.29) is 11.6 Å². The van der Waals surface area contributed by atoms with Crippen molar-refractivity contribution in [3.8, 4) is 0 Å². The van der Waals surface area contributed by atoms with Crippen molar-refractivity contribution >= 4 is 21.7 Å². The van der Waals surface area contributed by atoms with Crippen LogP contribution in [-0.4, -0.2) is 41.8 Å². The molecule has 0 bridgehead atoms. The van der Waals surface area contributed by atoms with Crippen LogP contribution in [0.3, 0.4) is 0 Å². The topological polar surface area (TPSA) is 23.6 Å². The fourth-order valence-corrected chi connectivity index (χ4v) is 3.32. The number of hydrogen-bond acceptors (Lipinski definition) is 3. The highest BCUT2D eigenvalue weighted by Crippen LogP contribution is 2.17. The summed E-state index contributed by atoms with van der Waals surface area (Å²) in [6.07, 6.45) is 3.52. The summed E-state index contributed by atoms with van der Waals surface area (Å²) in [5.41, 5.74) is 1.79. The van der Waals surface area contributed by atoms with Crippen LogP contribution >= 0.6 is 15.9 Å². The zero-order valence-corrected chi connectivity index (χ0v) is 15.5. The summed E-state index contributed by atoms with van der Waals surface area (Å²) in [6, 6.07) is 14.1. The van der Waals surface area contributed by atoms with E-state index in [0.29, 0.717) is 5.56 Å². The van der Waals surface area contributed by atoms with Gasteiger partial charge in [0, 0.05) is 55.0 Å². The monoisotopic (exact) mass is 402 g/mol. The summed E-state index contributed by atoms with van der Waals surface area (Å²) < 4.78 is 13.8. The van der Waals surface area contributed by atoms with Crippen molar-refractivity contribution in [1.29, 1.82) is 0 Å². The van der Waals surface area contributed by atoms with Crippen LogP contribution < -0.4 is 0 Å². The maximum atomic E-state index is 13.0. The van der Waals surface area contributed by atoms with Gasteiger partial charge < -0.3 is 4.90 Å². The standard InChI is InChI=1S/C20H20BrFN2O/c21-19-4-2-1-3-18(19)20(25)9-10-23-11-13-24(14-12-23)15-16-5-7-17(22)8-6-16/h1-10H,11-15H2. The van der Waals surface area contributed by atoms with Crippen molar-refractivity contribution in [3.05, 3.63) is 82.2 Å². The van der Waals surface area contributed by atoms with Gasteiger partial charge in [-0.25, -0.2) is 4.39 Å². The Hall–Kier alpha value is -1.98. The van der Waals surface area contributed by atoms with Gasteiger partial charge in [-0.05, 0) is 29.8 Å². The van der Waals surface area contributed by atoms with Gasteiger partial charge in [-0.2, -0.15) is 0 Å². The molecule has 0 unspecified atom stereocenters. The molecule has 1 fully saturated rings. The highest BCUT2D eigenvalue weighted by Gasteiger charge is 2.15. The molecule has 3 rings (SSSR count). The van der Waals surface area contributed by atoms with Gasteiger partial charge in [0.05, 0.1) is 0 Å². The average molecular weight is 403 g/mol. The molecule has 0 spiro atoms. The maximum absolute atomic E-state index is 13.0. The van der Waals surface area contributed by atoms with Crippen LogP contribution in [0, 0.1) is 5.82 Å². The molecule has 1 heterocycles. The second-order valence-electron chi connectivity index (χ2n) is 6.10. The van der Waals surface area contributed by atoms with Crippen molar-refractivity contribution in [2.24, 2.45) is 0 Å². The predicted octanol–water partition coefficient (Wildman–Crippen LogP) is 4.10. The van der Waals surface area contributed by atoms with Crippen LogP contribution in [-0.2, 0) is 6.54 Å². The van der Waals surface area contributed by atoms with Gasteiger partial charge in [-0.3, -0.25) is 9.69 Å². The first kappa shape index (κ1) is 17.8. The summed E-state index contributed by atoms with van der Waals surface area (Å²) in [6.45, 7) is 4.42. The lowest BCUT2D eigenvalue weighted by atomic mass is 10.1. The van der Waals surface area contributed by atoms with Crippen LogP contribution in [0.1, 0.15) is 15.9 Å². The Bertz CT molecular complexity index is 753. The second kappa shape index (κ2) is 8.41. The van der Waals surface area contributed by atoms with E-state index < -0.39 is 0 Å². The van der Waals surface area contributed by atoms with E-state index in [2.05, 4.69) is 25.7 Å². The number of halogens is 2. The van der Waals surface area contributed by atoms with E-state index in [1.807, 2.05) is 42.6 Å². The Kier molecular flexibility index (Phi) is 6.00. The molecular formula is C20H20BrFN2O. The SMILES string of the molecule is O=C(C=CN1CCN(Cc2ccc(F)cc2)CC1)c1ccccc1Br. The molecule has 3 nitrogen and oxygen atoms in total. The van der Waals surface area contributed by atoms with Gasteiger partial charge >= 0.3 is 0 Å². The first-order valence-electron chi connectivity index (χ1n) is 8.30. The van der Waals surface area contributed by atoms with Crippen LogP contribution in [0.4, 0.5) is 4.39 Å².